The second-order valence-electron chi connectivity index (χ2n) is 19.5. The van der Waals surface area contributed by atoms with E-state index in [9.17, 15) is 38.4 Å². The van der Waals surface area contributed by atoms with E-state index in [-0.39, 0.29) is 49.4 Å². The summed E-state index contributed by atoms with van der Waals surface area (Å²) in [6.07, 6.45) is -1.61. The molecule has 0 N–H and O–H groups in total. The quantitative estimate of drug-likeness (QED) is 0.189. The van der Waals surface area contributed by atoms with Crippen LogP contribution in [0.4, 0.5) is 0 Å². The standard InChI is InChI=1S/C39H66N4O12.2C7H8/c1-22(2)15-16-28-38(50)54-26(9)34(46)42(13)30(18-24(5)6)37(49)53-21-33(45)41(12)31(19-25(7)8)39(51)55-27(10)35(47)43(14)29(17-23(3)4)36(48)52-20-32(44)40(28)11;2*1-7-5-3-2-4-6-7/h22-31H,15-21H2,1-14H3;2*2-6H,1H3/t26-,27-,28+,29+,30+,31+;;/m1../s1. The van der Waals surface area contributed by atoms with E-state index in [1.165, 1.54) is 53.2 Å². The Bertz CT molecular complexity index is 1890. The van der Waals surface area contributed by atoms with Gasteiger partial charge in [0, 0.05) is 28.2 Å². The molecule has 69 heavy (non-hydrogen) atoms. The summed E-state index contributed by atoms with van der Waals surface area (Å²) in [5, 5.41) is 0. The molecule has 1 heterocycles. The van der Waals surface area contributed by atoms with Crippen LogP contribution < -0.4 is 0 Å². The van der Waals surface area contributed by atoms with E-state index in [2.05, 4.69) is 38.1 Å². The molecule has 2 aromatic carbocycles. The number of ether oxygens (including phenoxy) is 4. The van der Waals surface area contributed by atoms with Crippen LogP contribution in [-0.2, 0) is 57.3 Å². The predicted molar refractivity (Wildman–Crippen MR) is 264 cm³/mol. The molecule has 6 atom stereocenters. The molecule has 0 radical (unpaired) electrons. The van der Waals surface area contributed by atoms with Crippen LogP contribution in [0.5, 0.6) is 0 Å². The largest absolute Gasteiger partial charge is 0.454 e. The summed E-state index contributed by atoms with van der Waals surface area (Å²) in [4.78, 5) is 112. The maximum Gasteiger partial charge on any atom is 0.329 e. The van der Waals surface area contributed by atoms with Gasteiger partial charge >= 0.3 is 23.9 Å². The second kappa shape index (κ2) is 30.6. The van der Waals surface area contributed by atoms with Gasteiger partial charge in [-0.05, 0) is 83.5 Å². The molecular weight excluding hydrogens is 885 g/mol. The number of carbonyl (C=O) groups is 8. The highest BCUT2D eigenvalue weighted by molar-refractivity contribution is 5.93. The van der Waals surface area contributed by atoms with Crippen LogP contribution in [0.25, 0.3) is 0 Å². The summed E-state index contributed by atoms with van der Waals surface area (Å²) >= 11 is 0. The van der Waals surface area contributed by atoms with Crippen LogP contribution in [0.3, 0.4) is 0 Å². The Morgan fingerprint density at radius 2 is 0.754 bits per heavy atom. The molecule has 3 rings (SSSR count). The molecule has 16 nitrogen and oxygen atoms in total. The van der Waals surface area contributed by atoms with E-state index in [1.54, 1.807) is 0 Å². The van der Waals surface area contributed by atoms with E-state index >= 15 is 0 Å². The van der Waals surface area contributed by atoms with Gasteiger partial charge in [0.25, 0.3) is 23.6 Å². The Morgan fingerprint density at radius 1 is 0.449 bits per heavy atom. The normalized spacial score (nSPS) is 22.3. The third-order valence-corrected chi connectivity index (χ3v) is 11.4. The van der Waals surface area contributed by atoms with Crippen LogP contribution in [-0.4, -0.2) is 145 Å². The number of rotatable bonds is 9. The number of carbonyl (C=O) groups excluding carboxylic acids is 8. The van der Waals surface area contributed by atoms with Crippen LogP contribution in [0, 0.1) is 37.5 Å². The van der Waals surface area contributed by atoms with Gasteiger partial charge < -0.3 is 38.5 Å². The van der Waals surface area contributed by atoms with Crippen LogP contribution >= 0.6 is 0 Å². The lowest BCUT2D eigenvalue weighted by molar-refractivity contribution is -0.172. The zero-order chi connectivity index (χ0) is 52.7. The highest BCUT2D eigenvalue weighted by atomic mass is 16.6. The number of likely N-dealkylation sites (N-methyl/N-ethyl adjacent to an activating group) is 4. The van der Waals surface area contributed by atoms with Crippen molar-refractivity contribution >= 4 is 47.5 Å². The van der Waals surface area contributed by atoms with Crippen LogP contribution in [0.2, 0.25) is 0 Å². The van der Waals surface area contributed by atoms with Gasteiger partial charge in [-0.1, -0.05) is 127 Å². The number of amides is 4. The van der Waals surface area contributed by atoms with Gasteiger partial charge in [-0.25, -0.2) is 19.2 Å². The second-order valence-corrected chi connectivity index (χ2v) is 19.5. The maximum absolute atomic E-state index is 13.6. The van der Waals surface area contributed by atoms with Crippen molar-refractivity contribution in [2.45, 2.75) is 152 Å². The summed E-state index contributed by atoms with van der Waals surface area (Å²) in [5.41, 5.74) is 2.64. The lowest BCUT2D eigenvalue weighted by Gasteiger charge is -2.33. The number of esters is 4. The van der Waals surface area contributed by atoms with Crippen molar-refractivity contribution in [3.8, 4) is 0 Å². The Hall–Kier alpha value is -5.80. The molecule has 4 amide bonds. The minimum atomic E-state index is -1.38. The Morgan fingerprint density at radius 3 is 1.04 bits per heavy atom. The zero-order valence-corrected chi connectivity index (χ0v) is 44.2. The third-order valence-electron chi connectivity index (χ3n) is 11.4. The van der Waals surface area contributed by atoms with Gasteiger partial charge in [0.15, 0.2) is 25.4 Å². The Kier molecular flexibility index (Phi) is 27.2. The molecule has 0 spiro atoms. The van der Waals surface area contributed by atoms with Crippen molar-refractivity contribution in [1.29, 1.82) is 0 Å². The zero-order valence-electron chi connectivity index (χ0n) is 44.2. The monoisotopic (exact) mass is 967 g/mol. The number of cyclic esters (lactones) is 4. The summed E-state index contributed by atoms with van der Waals surface area (Å²) in [7, 11) is 5.44. The maximum atomic E-state index is 13.6. The molecule has 1 fully saturated rings. The SMILES string of the molecule is CC(C)CC[C@H]1C(=O)O[C@H](C)C(=O)N(C)[C@@H](CC(C)C)C(=O)OCC(=O)N(C)[C@@H](CC(C)C)C(=O)O[C@H](C)C(=O)N(C)[C@@H](CC(C)C)C(=O)OCC(=O)N1C.Cc1ccccc1.Cc1ccccc1. The van der Waals surface area contributed by atoms with E-state index < -0.39 is 97.1 Å². The van der Waals surface area contributed by atoms with Crippen molar-refractivity contribution in [3.63, 3.8) is 0 Å². The molecule has 0 aliphatic carbocycles. The van der Waals surface area contributed by atoms with E-state index in [0.29, 0.717) is 6.42 Å². The van der Waals surface area contributed by atoms with Crippen molar-refractivity contribution in [3.05, 3.63) is 71.8 Å². The number of nitrogens with zero attached hydrogens (tertiary/aromatic N) is 4. The number of hydrogen-bond acceptors (Lipinski definition) is 12. The number of benzene rings is 2. The molecule has 0 aromatic heterocycles. The van der Waals surface area contributed by atoms with Crippen LogP contribution in [0.1, 0.15) is 112 Å². The smallest absolute Gasteiger partial charge is 0.329 e. The van der Waals surface area contributed by atoms with Crippen molar-refractivity contribution in [2.24, 2.45) is 23.7 Å². The van der Waals surface area contributed by atoms with E-state index in [1.807, 2.05) is 91.8 Å². The third kappa shape index (κ3) is 22.0. The minimum Gasteiger partial charge on any atom is -0.454 e. The summed E-state index contributed by atoms with van der Waals surface area (Å²) in [6.45, 7) is 20.2. The first-order chi connectivity index (χ1) is 32.2. The van der Waals surface area contributed by atoms with Gasteiger partial charge in [-0.2, -0.15) is 0 Å². The molecule has 386 valence electrons. The fourth-order valence-corrected chi connectivity index (χ4v) is 7.10. The molecule has 16 heteroatoms. The van der Waals surface area contributed by atoms with Gasteiger partial charge in [-0.15, -0.1) is 0 Å². The molecule has 2 aromatic rings. The molecule has 0 saturated carbocycles. The average molecular weight is 967 g/mol. The molecule has 0 unspecified atom stereocenters. The molecule has 1 saturated heterocycles. The van der Waals surface area contributed by atoms with Gasteiger partial charge in [0.05, 0.1) is 0 Å². The lowest BCUT2D eigenvalue weighted by atomic mass is 10.0. The van der Waals surface area contributed by atoms with Gasteiger partial charge in [0.1, 0.15) is 24.2 Å². The van der Waals surface area contributed by atoms with Gasteiger partial charge in [0.2, 0.25) is 0 Å². The van der Waals surface area contributed by atoms with Crippen molar-refractivity contribution in [2.75, 3.05) is 41.4 Å². The number of aryl methyl sites for hydroxylation is 2. The van der Waals surface area contributed by atoms with Gasteiger partial charge in [-0.3, -0.25) is 19.2 Å². The first kappa shape index (κ1) is 61.2. The van der Waals surface area contributed by atoms with E-state index in [4.69, 9.17) is 18.9 Å². The fraction of sp³-hybridized carbons (Fsp3) is 0.623. The lowest BCUT2D eigenvalue weighted by Crippen LogP contribution is -2.52. The molecule has 1 aliphatic rings. The average Bonchev–Trinajstić information content (AvgIpc) is 3.28. The summed E-state index contributed by atoms with van der Waals surface area (Å²) in [6, 6.07) is 15.9. The van der Waals surface area contributed by atoms with Crippen molar-refractivity contribution < 1.29 is 57.3 Å². The first-order valence-corrected chi connectivity index (χ1v) is 24.0. The predicted octanol–water partition coefficient (Wildman–Crippen LogP) is 6.82. The summed E-state index contributed by atoms with van der Waals surface area (Å²) in [5.74, 6) is -6.55. The Balaban J connectivity index is 0.00000143. The minimum absolute atomic E-state index is 0.0976. The highest BCUT2D eigenvalue weighted by Gasteiger charge is 2.39. The molecular formula is C53H82N4O12. The van der Waals surface area contributed by atoms with Crippen molar-refractivity contribution in [1.82, 2.24) is 19.6 Å². The van der Waals surface area contributed by atoms with E-state index in [0.717, 1.165) is 19.6 Å². The molecule has 0 bridgehead atoms. The van der Waals surface area contributed by atoms with Crippen LogP contribution in [0.15, 0.2) is 60.7 Å². The first-order valence-electron chi connectivity index (χ1n) is 24.0. The highest BCUT2D eigenvalue weighted by Crippen LogP contribution is 2.20. The summed E-state index contributed by atoms with van der Waals surface area (Å²) < 4.78 is 22.0. The Labute approximate surface area is 411 Å². The molecule has 1 aliphatic heterocycles. The number of hydrogen-bond donors (Lipinski definition) is 0. The topological polar surface area (TPSA) is 186 Å². The fourth-order valence-electron chi connectivity index (χ4n) is 7.10.